The van der Waals surface area contributed by atoms with Gasteiger partial charge in [-0.25, -0.2) is 9.97 Å². The molecule has 0 unspecified atom stereocenters. The predicted molar refractivity (Wildman–Crippen MR) is 119 cm³/mol. The highest BCUT2D eigenvalue weighted by molar-refractivity contribution is 6.45. The van der Waals surface area contributed by atoms with Crippen molar-refractivity contribution >= 4 is 35.2 Å². The van der Waals surface area contributed by atoms with E-state index in [1.165, 1.54) is 11.9 Å². The van der Waals surface area contributed by atoms with Gasteiger partial charge in [-0.2, -0.15) is 0 Å². The highest BCUT2D eigenvalue weighted by Gasteiger charge is 2.51. The summed E-state index contributed by atoms with van der Waals surface area (Å²) < 4.78 is 19.5. The number of carbonyl (C=O) groups is 1. The smallest absolute Gasteiger partial charge is 0.430 e. The van der Waals surface area contributed by atoms with Crippen LogP contribution < -0.4 is 11.3 Å². The summed E-state index contributed by atoms with van der Waals surface area (Å²) in [7, 11) is -0.411. The number of nitrogens with two attached hydrogens (primary N) is 1. The average Bonchev–Trinajstić information content (AvgIpc) is 3.17. The number of hydrogen-bond donors (Lipinski definition) is 1. The van der Waals surface area contributed by atoms with Crippen molar-refractivity contribution in [2.45, 2.75) is 77.4 Å². The SMILES string of the molecule is CC1(C)OB(Cc2nc3oc4c(=O)n(CC(N)=O)cnc4c3c3c2CCCC3)OC1(C)C. The minimum atomic E-state index is -0.621. The maximum atomic E-state index is 12.9. The summed E-state index contributed by atoms with van der Waals surface area (Å²) in [4.78, 5) is 33.4. The third-order valence-corrected chi connectivity index (χ3v) is 6.99. The van der Waals surface area contributed by atoms with Gasteiger partial charge < -0.3 is 19.5 Å². The lowest BCUT2D eigenvalue weighted by Gasteiger charge is -2.32. The predicted octanol–water partition coefficient (Wildman–Crippen LogP) is 2.08. The van der Waals surface area contributed by atoms with Crippen LogP contribution in [0.5, 0.6) is 0 Å². The topological polar surface area (TPSA) is 122 Å². The number of hydrogen-bond acceptors (Lipinski definition) is 7. The van der Waals surface area contributed by atoms with Gasteiger partial charge >= 0.3 is 7.12 Å². The number of fused-ring (bicyclic) bond motifs is 5. The van der Waals surface area contributed by atoms with Gasteiger partial charge in [0.25, 0.3) is 5.56 Å². The Labute approximate surface area is 185 Å². The molecule has 32 heavy (non-hydrogen) atoms. The number of furan rings is 1. The largest absolute Gasteiger partial charge is 0.464 e. The second-order valence-corrected chi connectivity index (χ2v) is 9.72. The van der Waals surface area contributed by atoms with E-state index in [4.69, 9.17) is 24.4 Å². The number of carbonyl (C=O) groups excluding carboxylic acids is 1. The summed E-state index contributed by atoms with van der Waals surface area (Å²) in [6.07, 6.45) is 5.74. The van der Waals surface area contributed by atoms with Crippen LogP contribution in [0.15, 0.2) is 15.5 Å². The van der Waals surface area contributed by atoms with Crippen molar-refractivity contribution in [1.82, 2.24) is 14.5 Å². The number of rotatable bonds is 4. The number of primary amides is 1. The van der Waals surface area contributed by atoms with Crippen molar-refractivity contribution in [3.8, 4) is 0 Å². The maximum Gasteiger partial charge on any atom is 0.464 e. The molecule has 0 aromatic carbocycles. The molecular formula is C22H27BN4O5. The molecule has 4 heterocycles. The van der Waals surface area contributed by atoms with Crippen LogP contribution in [0.4, 0.5) is 0 Å². The van der Waals surface area contributed by atoms with Gasteiger partial charge in [-0.3, -0.25) is 14.2 Å². The molecule has 3 aromatic heterocycles. The van der Waals surface area contributed by atoms with Crippen LogP contribution >= 0.6 is 0 Å². The highest BCUT2D eigenvalue weighted by atomic mass is 16.7. The lowest BCUT2D eigenvalue weighted by molar-refractivity contribution is -0.118. The standard InChI is InChI=1S/C22H27BN4O5/c1-21(2)22(3,4)32-23(31-21)9-14-12-7-5-6-8-13(12)16-17-18(30-19(16)26-14)20(29)27(11-25-17)10-15(24)28/h11H,5-10H2,1-4H3,(H2,24,28). The highest BCUT2D eigenvalue weighted by Crippen LogP contribution is 2.39. The number of pyridine rings is 1. The molecule has 2 aliphatic rings. The summed E-state index contributed by atoms with van der Waals surface area (Å²) in [6.45, 7) is 7.86. The van der Waals surface area contributed by atoms with Crippen molar-refractivity contribution in [2.24, 2.45) is 5.73 Å². The first-order valence-electron chi connectivity index (χ1n) is 11.0. The summed E-state index contributed by atoms with van der Waals surface area (Å²) >= 11 is 0. The van der Waals surface area contributed by atoms with E-state index in [0.717, 1.165) is 46.9 Å². The Balaban J connectivity index is 1.64. The zero-order valence-corrected chi connectivity index (χ0v) is 18.9. The molecule has 1 fully saturated rings. The lowest BCUT2D eigenvalue weighted by atomic mass is 9.78. The average molecular weight is 438 g/mol. The molecule has 1 amide bonds. The summed E-state index contributed by atoms with van der Waals surface area (Å²) in [5.41, 5.74) is 8.11. The van der Waals surface area contributed by atoms with E-state index in [1.54, 1.807) is 0 Å². The van der Waals surface area contributed by atoms with E-state index in [0.29, 0.717) is 17.6 Å². The van der Waals surface area contributed by atoms with Crippen LogP contribution in [-0.4, -0.2) is 38.8 Å². The Kier molecular flexibility index (Phi) is 4.72. The zero-order valence-electron chi connectivity index (χ0n) is 18.9. The van der Waals surface area contributed by atoms with Gasteiger partial charge in [-0.05, 0) is 64.5 Å². The molecule has 1 aliphatic carbocycles. The van der Waals surface area contributed by atoms with Crippen molar-refractivity contribution in [3.63, 3.8) is 0 Å². The van der Waals surface area contributed by atoms with Crippen LogP contribution in [0.3, 0.4) is 0 Å². The molecule has 0 radical (unpaired) electrons. The molecule has 0 saturated carbocycles. The van der Waals surface area contributed by atoms with Crippen molar-refractivity contribution < 1.29 is 18.5 Å². The van der Waals surface area contributed by atoms with Gasteiger partial charge in [0.15, 0.2) is 0 Å². The Morgan fingerprint density at radius 3 is 2.47 bits per heavy atom. The Bertz CT molecular complexity index is 1290. The molecule has 9 nitrogen and oxygen atoms in total. The Morgan fingerprint density at radius 1 is 1.16 bits per heavy atom. The maximum absolute atomic E-state index is 12.9. The quantitative estimate of drug-likeness (QED) is 0.619. The van der Waals surface area contributed by atoms with Gasteiger partial charge in [-0.15, -0.1) is 0 Å². The van der Waals surface area contributed by atoms with Crippen LogP contribution in [0.1, 0.15) is 57.4 Å². The molecule has 10 heteroatoms. The van der Waals surface area contributed by atoms with Crippen molar-refractivity contribution in [1.29, 1.82) is 0 Å². The second kappa shape index (κ2) is 7.15. The summed E-state index contributed by atoms with van der Waals surface area (Å²) in [5.74, 6) is -0.621. The van der Waals surface area contributed by atoms with E-state index >= 15 is 0 Å². The number of aryl methyl sites for hydroxylation is 1. The molecule has 0 atom stereocenters. The first kappa shape index (κ1) is 21.1. The Hall–Kier alpha value is -2.72. The first-order valence-corrected chi connectivity index (χ1v) is 11.0. The van der Waals surface area contributed by atoms with Gasteiger partial charge in [0.2, 0.25) is 17.2 Å². The van der Waals surface area contributed by atoms with Crippen LogP contribution in [0.2, 0.25) is 0 Å². The normalized spacial score (nSPS) is 19.6. The molecule has 0 spiro atoms. The number of amides is 1. The monoisotopic (exact) mass is 438 g/mol. The van der Waals surface area contributed by atoms with Crippen LogP contribution in [-0.2, 0) is 39.8 Å². The van der Waals surface area contributed by atoms with Crippen LogP contribution in [0.25, 0.3) is 22.2 Å². The van der Waals surface area contributed by atoms with E-state index < -0.39 is 29.8 Å². The third-order valence-electron chi connectivity index (χ3n) is 6.99. The molecular weight excluding hydrogens is 411 g/mol. The minimum absolute atomic E-state index is 0.0943. The van der Waals surface area contributed by atoms with Crippen molar-refractivity contribution in [3.05, 3.63) is 33.5 Å². The molecule has 1 aliphatic heterocycles. The summed E-state index contributed by atoms with van der Waals surface area (Å²) in [5, 5.41) is 0.788. The van der Waals surface area contributed by atoms with Crippen molar-refractivity contribution in [2.75, 3.05) is 0 Å². The van der Waals surface area contributed by atoms with E-state index in [9.17, 15) is 9.59 Å². The van der Waals surface area contributed by atoms with E-state index in [-0.39, 0.29) is 12.1 Å². The zero-order chi connectivity index (χ0) is 22.8. The minimum Gasteiger partial charge on any atom is -0.430 e. The van der Waals surface area contributed by atoms with Gasteiger partial charge in [0.05, 0.1) is 22.9 Å². The Morgan fingerprint density at radius 2 is 1.81 bits per heavy atom. The molecule has 2 N–H and O–H groups in total. The fourth-order valence-electron chi connectivity index (χ4n) is 4.69. The molecule has 3 aromatic rings. The summed E-state index contributed by atoms with van der Waals surface area (Å²) in [6, 6.07) is 0. The van der Waals surface area contributed by atoms with Gasteiger partial charge in [0.1, 0.15) is 12.1 Å². The second-order valence-electron chi connectivity index (χ2n) is 9.72. The van der Waals surface area contributed by atoms with E-state index in [1.807, 2.05) is 27.7 Å². The fourth-order valence-corrected chi connectivity index (χ4v) is 4.69. The molecule has 0 bridgehead atoms. The molecule has 1 saturated heterocycles. The number of aromatic nitrogens is 3. The van der Waals surface area contributed by atoms with Gasteiger partial charge in [-0.1, -0.05) is 0 Å². The molecule has 5 rings (SSSR count). The fraction of sp³-hybridized carbons (Fsp3) is 0.545. The first-order chi connectivity index (χ1) is 15.1. The van der Waals surface area contributed by atoms with Crippen LogP contribution in [0, 0.1) is 0 Å². The third kappa shape index (κ3) is 3.24. The lowest BCUT2D eigenvalue weighted by Crippen LogP contribution is -2.41. The number of nitrogens with zero attached hydrogens (tertiary/aromatic N) is 3. The van der Waals surface area contributed by atoms with Gasteiger partial charge in [0, 0.05) is 12.0 Å². The molecule has 168 valence electrons. The van der Waals surface area contributed by atoms with E-state index in [2.05, 4.69) is 4.98 Å².